The van der Waals surface area contributed by atoms with Gasteiger partial charge in [-0.1, -0.05) is 35.1 Å². The second-order valence-corrected chi connectivity index (χ2v) is 11.9. The second kappa shape index (κ2) is 12.5. The molecule has 1 amide bonds. The van der Waals surface area contributed by atoms with Crippen molar-refractivity contribution in [2.45, 2.75) is 4.90 Å². The molecule has 1 aliphatic rings. The average Bonchev–Trinajstić information content (AvgIpc) is 3.32. The number of fused-ring (bicyclic) bond motifs is 1. The van der Waals surface area contributed by atoms with Crippen LogP contribution in [0.3, 0.4) is 0 Å². The number of sulfonamides is 1. The number of amides is 1. The van der Waals surface area contributed by atoms with Crippen LogP contribution in [-0.4, -0.2) is 63.5 Å². The maximum absolute atomic E-state index is 13.2. The van der Waals surface area contributed by atoms with E-state index < -0.39 is 15.8 Å². The molecule has 1 aliphatic heterocycles. The summed E-state index contributed by atoms with van der Waals surface area (Å²) in [6.45, 7) is 4.40. The zero-order chi connectivity index (χ0) is 26.7. The molecule has 0 saturated carbocycles. The number of nitrogens with zero attached hydrogens (tertiary/aromatic N) is 3. The molecule has 0 atom stereocenters. The van der Waals surface area contributed by atoms with E-state index in [9.17, 15) is 17.6 Å². The molecule has 13 heteroatoms. The second-order valence-electron chi connectivity index (χ2n) is 8.80. The van der Waals surface area contributed by atoms with Crippen LogP contribution in [0.15, 0.2) is 71.6 Å². The monoisotopic (exact) mass is 609 g/mol. The average molecular weight is 611 g/mol. The van der Waals surface area contributed by atoms with Crippen LogP contribution < -0.4 is 14.9 Å². The number of anilines is 2. The van der Waals surface area contributed by atoms with E-state index in [4.69, 9.17) is 16.6 Å². The molecular formula is C26H26Cl2FN5O3S2. The number of carbonyl (C=O) groups is 1. The number of piperazine rings is 1. The number of thiazole rings is 1. The number of para-hydroxylation sites is 1. The Kier molecular flexibility index (Phi) is 9.29. The van der Waals surface area contributed by atoms with E-state index >= 15 is 0 Å². The van der Waals surface area contributed by atoms with E-state index in [0.717, 1.165) is 53.7 Å². The predicted octanol–water partition coefficient (Wildman–Crippen LogP) is 4.86. The molecular weight excluding hydrogens is 584 g/mol. The van der Waals surface area contributed by atoms with E-state index in [0.29, 0.717) is 18.1 Å². The number of hydrogen-bond acceptors (Lipinski definition) is 7. The first kappa shape index (κ1) is 29.0. The molecule has 206 valence electrons. The van der Waals surface area contributed by atoms with Crippen LogP contribution in [0.4, 0.5) is 15.2 Å². The van der Waals surface area contributed by atoms with Gasteiger partial charge in [-0.2, -0.15) is 0 Å². The summed E-state index contributed by atoms with van der Waals surface area (Å²) in [5, 5.41) is 4.57. The molecule has 4 aromatic rings. The van der Waals surface area contributed by atoms with Crippen molar-refractivity contribution >= 4 is 72.3 Å². The molecule has 2 N–H and O–H groups in total. The Morgan fingerprint density at radius 3 is 2.49 bits per heavy atom. The van der Waals surface area contributed by atoms with Crippen molar-refractivity contribution in [3.63, 3.8) is 0 Å². The molecule has 1 fully saturated rings. The number of carbonyl (C=O) groups excluding carboxylic acids is 1. The highest BCUT2D eigenvalue weighted by molar-refractivity contribution is 7.92. The minimum Gasteiger partial charge on any atom is -0.351 e. The Morgan fingerprint density at radius 2 is 1.74 bits per heavy atom. The number of benzene rings is 3. The highest BCUT2D eigenvalue weighted by atomic mass is 35.5. The van der Waals surface area contributed by atoms with E-state index in [2.05, 4.69) is 19.8 Å². The zero-order valence-electron chi connectivity index (χ0n) is 20.6. The first-order valence-electron chi connectivity index (χ1n) is 12.0. The fourth-order valence-corrected chi connectivity index (χ4v) is 6.57. The number of nitrogens with one attached hydrogen (secondary N) is 2. The topological polar surface area (TPSA) is 94.6 Å². The molecule has 0 aliphatic carbocycles. The minimum atomic E-state index is -3.98. The lowest BCUT2D eigenvalue weighted by molar-refractivity contribution is 0.0948. The number of rotatable bonds is 8. The SMILES string of the molecule is Cl.O=C(NCCN1CCN(c2nc3ccc(Cl)cc3s2)CC1)c1ccccc1NS(=O)(=O)c1ccc(F)cc1. The van der Waals surface area contributed by atoms with Crippen LogP contribution in [0.25, 0.3) is 10.2 Å². The van der Waals surface area contributed by atoms with Crippen molar-refractivity contribution in [3.05, 3.63) is 83.1 Å². The van der Waals surface area contributed by atoms with Gasteiger partial charge in [0.1, 0.15) is 5.82 Å². The number of halogens is 3. The summed E-state index contributed by atoms with van der Waals surface area (Å²) in [4.78, 5) is 22.0. The van der Waals surface area contributed by atoms with Gasteiger partial charge >= 0.3 is 0 Å². The van der Waals surface area contributed by atoms with E-state index in [1.165, 1.54) is 18.2 Å². The first-order chi connectivity index (χ1) is 18.3. The standard InChI is InChI=1S/C26H25ClFN5O3S2.ClH/c27-18-5-10-23-24(17-18)37-26(30-23)33-15-13-32(14-16-33)12-11-29-25(34)21-3-1-2-4-22(21)31-38(35,36)20-8-6-19(28)7-9-20;/h1-10,17,31H,11-16H2,(H,29,34);1H. The van der Waals surface area contributed by atoms with Crippen molar-refractivity contribution in [2.24, 2.45) is 0 Å². The van der Waals surface area contributed by atoms with Crippen LogP contribution in [-0.2, 0) is 10.0 Å². The van der Waals surface area contributed by atoms with Gasteiger partial charge in [-0.3, -0.25) is 14.4 Å². The van der Waals surface area contributed by atoms with Crippen molar-refractivity contribution < 1.29 is 17.6 Å². The quantitative estimate of drug-likeness (QED) is 0.296. The van der Waals surface area contributed by atoms with Gasteiger partial charge in [-0.05, 0) is 54.6 Å². The Morgan fingerprint density at radius 1 is 1.03 bits per heavy atom. The van der Waals surface area contributed by atoms with Crippen molar-refractivity contribution in [2.75, 3.05) is 48.9 Å². The summed E-state index contributed by atoms with van der Waals surface area (Å²) in [5.74, 6) is -0.915. The summed E-state index contributed by atoms with van der Waals surface area (Å²) < 4.78 is 42.1. The number of aromatic nitrogens is 1. The highest BCUT2D eigenvalue weighted by Gasteiger charge is 2.21. The van der Waals surface area contributed by atoms with Gasteiger partial charge in [0.2, 0.25) is 0 Å². The highest BCUT2D eigenvalue weighted by Crippen LogP contribution is 2.31. The summed E-state index contributed by atoms with van der Waals surface area (Å²) >= 11 is 7.73. The van der Waals surface area contributed by atoms with Gasteiger partial charge in [-0.25, -0.2) is 17.8 Å². The maximum atomic E-state index is 13.2. The first-order valence-corrected chi connectivity index (χ1v) is 14.7. The maximum Gasteiger partial charge on any atom is 0.261 e. The molecule has 1 aromatic heterocycles. The summed E-state index contributed by atoms with van der Waals surface area (Å²) in [6, 6.07) is 16.6. The van der Waals surface area contributed by atoms with Gasteiger partial charge in [0.25, 0.3) is 15.9 Å². The third-order valence-electron chi connectivity index (χ3n) is 6.24. The smallest absolute Gasteiger partial charge is 0.261 e. The molecule has 0 spiro atoms. The molecule has 1 saturated heterocycles. The fourth-order valence-electron chi connectivity index (χ4n) is 4.19. The van der Waals surface area contributed by atoms with Crippen LogP contribution in [0.5, 0.6) is 0 Å². The molecule has 0 bridgehead atoms. The van der Waals surface area contributed by atoms with Gasteiger partial charge in [-0.15, -0.1) is 12.4 Å². The molecule has 5 rings (SSSR count). The Hall–Kier alpha value is -2.96. The summed E-state index contributed by atoms with van der Waals surface area (Å²) in [7, 11) is -3.98. The van der Waals surface area contributed by atoms with E-state index in [1.807, 2.05) is 18.2 Å². The normalized spacial score (nSPS) is 14.2. The Balaban J connectivity index is 0.00000353. The van der Waals surface area contributed by atoms with E-state index in [-0.39, 0.29) is 34.5 Å². The molecule has 39 heavy (non-hydrogen) atoms. The molecule has 0 unspecified atom stereocenters. The number of hydrogen-bond donors (Lipinski definition) is 2. The lowest BCUT2D eigenvalue weighted by atomic mass is 10.1. The Labute approximate surface area is 241 Å². The summed E-state index contributed by atoms with van der Waals surface area (Å²) in [6.07, 6.45) is 0. The van der Waals surface area contributed by atoms with Gasteiger partial charge < -0.3 is 10.2 Å². The molecule has 2 heterocycles. The van der Waals surface area contributed by atoms with Crippen LogP contribution >= 0.6 is 35.3 Å². The van der Waals surface area contributed by atoms with Crippen LogP contribution in [0.1, 0.15) is 10.4 Å². The lowest BCUT2D eigenvalue weighted by Gasteiger charge is -2.34. The zero-order valence-corrected chi connectivity index (χ0v) is 23.8. The van der Waals surface area contributed by atoms with Crippen molar-refractivity contribution in [1.82, 2.24) is 15.2 Å². The predicted molar refractivity (Wildman–Crippen MR) is 157 cm³/mol. The van der Waals surface area contributed by atoms with Crippen LogP contribution in [0.2, 0.25) is 5.02 Å². The van der Waals surface area contributed by atoms with Crippen LogP contribution in [0, 0.1) is 5.82 Å². The largest absolute Gasteiger partial charge is 0.351 e. The molecule has 8 nitrogen and oxygen atoms in total. The van der Waals surface area contributed by atoms with Gasteiger partial charge in [0, 0.05) is 44.3 Å². The van der Waals surface area contributed by atoms with Gasteiger partial charge in [0.05, 0.1) is 26.4 Å². The van der Waals surface area contributed by atoms with Crippen molar-refractivity contribution in [3.8, 4) is 0 Å². The minimum absolute atomic E-state index is 0. The lowest BCUT2D eigenvalue weighted by Crippen LogP contribution is -2.48. The van der Waals surface area contributed by atoms with Crippen molar-refractivity contribution in [1.29, 1.82) is 0 Å². The third-order valence-corrected chi connectivity index (χ3v) is 8.93. The summed E-state index contributed by atoms with van der Waals surface area (Å²) in [5.41, 5.74) is 1.30. The Bertz CT molecular complexity index is 1560. The molecule has 0 radical (unpaired) electrons. The van der Waals surface area contributed by atoms with Gasteiger partial charge in [0.15, 0.2) is 5.13 Å². The third kappa shape index (κ3) is 6.98. The fraction of sp³-hybridized carbons (Fsp3) is 0.231. The van der Waals surface area contributed by atoms with E-state index in [1.54, 1.807) is 29.5 Å². The molecule has 3 aromatic carbocycles.